The van der Waals surface area contributed by atoms with Gasteiger partial charge in [-0.25, -0.2) is 0 Å². The van der Waals surface area contributed by atoms with Gasteiger partial charge in [0.1, 0.15) is 0 Å². The van der Waals surface area contributed by atoms with E-state index in [0.717, 1.165) is 10.2 Å². The molecule has 2 aromatic carbocycles. The van der Waals surface area contributed by atoms with Gasteiger partial charge in [-0.1, -0.05) is 33.6 Å². The Morgan fingerprint density at radius 3 is 2.70 bits per heavy atom. The summed E-state index contributed by atoms with van der Waals surface area (Å²) in [5.74, 6) is 0. The van der Waals surface area contributed by atoms with Crippen LogP contribution in [0.1, 0.15) is 5.56 Å². The van der Waals surface area contributed by atoms with Crippen molar-refractivity contribution in [2.24, 2.45) is 0 Å². The van der Waals surface area contributed by atoms with E-state index in [-0.39, 0.29) is 5.69 Å². The number of nitrogens with zero attached hydrogens (tertiary/aromatic N) is 1. The Balaban J connectivity index is 2.23. The monoisotopic (exact) mass is 418 g/mol. The molecule has 0 radical (unpaired) electrons. The molecular weight excluding hydrogens is 411 g/mol. The van der Waals surface area contributed by atoms with Crippen LogP contribution in [-0.4, -0.2) is 4.92 Å². The van der Waals surface area contributed by atoms with Crippen LogP contribution < -0.4 is 5.32 Å². The van der Waals surface area contributed by atoms with Gasteiger partial charge in [0.2, 0.25) is 0 Å². The highest BCUT2D eigenvalue weighted by Gasteiger charge is 2.14. The van der Waals surface area contributed by atoms with Crippen molar-refractivity contribution in [2.75, 3.05) is 5.32 Å². The van der Waals surface area contributed by atoms with E-state index in [2.05, 4.69) is 37.2 Å². The minimum atomic E-state index is -0.394. The van der Waals surface area contributed by atoms with Crippen molar-refractivity contribution in [1.82, 2.24) is 0 Å². The van der Waals surface area contributed by atoms with Crippen LogP contribution in [0.5, 0.6) is 0 Å². The summed E-state index contributed by atoms with van der Waals surface area (Å²) in [5.41, 5.74) is 1.46. The van der Waals surface area contributed by atoms with Gasteiger partial charge in [-0.2, -0.15) is 0 Å². The molecule has 0 atom stereocenters. The van der Waals surface area contributed by atoms with E-state index in [1.807, 2.05) is 12.1 Å². The summed E-state index contributed by atoms with van der Waals surface area (Å²) in [6, 6.07) is 10.4. The fourth-order valence-corrected chi connectivity index (χ4v) is 2.62. The molecule has 0 heterocycles. The summed E-state index contributed by atoms with van der Waals surface area (Å²) in [5, 5.41) is 14.8. The highest BCUT2D eigenvalue weighted by atomic mass is 79.9. The van der Waals surface area contributed by atoms with Gasteiger partial charge < -0.3 is 5.32 Å². The van der Waals surface area contributed by atoms with Gasteiger partial charge in [0.15, 0.2) is 0 Å². The standard InChI is InChI=1S/C13H9Br2ClN2O2/c14-9-5-4-8(12(6-9)18(19)20)7-17-11-3-1-2-10(16)13(11)15/h1-6,17H,7H2. The van der Waals surface area contributed by atoms with Crippen molar-refractivity contribution in [3.8, 4) is 0 Å². The molecule has 2 aromatic rings. The van der Waals surface area contributed by atoms with E-state index in [4.69, 9.17) is 11.6 Å². The lowest BCUT2D eigenvalue weighted by molar-refractivity contribution is -0.385. The molecule has 7 heteroatoms. The zero-order chi connectivity index (χ0) is 14.7. The maximum absolute atomic E-state index is 11.0. The van der Waals surface area contributed by atoms with Crippen LogP contribution in [0.4, 0.5) is 11.4 Å². The smallest absolute Gasteiger partial charge is 0.275 e. The summed E-state index contributed by atoms with van der Waals surface area (Å²) in [7, 11) is 0. The summed E-state index contributed by atoms with van der Waals surface area (Å²) >= 11 is 12.6. The lowest BCUT2D eigenvalue weighted by Crippen LogP contribution is -2.03. The number of hydrogen-bond donors (Lipinski definition) is 1. The summed E-state index contributed by atoms with van der Waals surface area (Å²) < 4.78 is 1.42. The number of nitro groups is 1. The third-order valence-electron chi connectivity index (χ3n) is 2.66. The average Bonchev–Trinajstić information content (AvgIpc) is 2.41. The van der Waals surface area contributed by atoms with Crippen LogP contribution in [-0.2, 0) is 6.54 Å². The van der Waals surface area contributed by atoms with Crippen molar-refractivity contribution in [1.29, 1.82) is 0 Å². The number of nitrogens with one attached hydrogen (secondary N) is 1. The van der Waals surface area contributed by atoms with Gasteiger partial charge >= 0.3 is 0 Å². The van der Waals surface area contributed by atoms with E-state index in [9.17, 15) is 10.1 Å². The Hall–Kier alpha value is -1.11. The molecule has 0 spiro atoms. The maximum Gasteiger partial charge on any atom is 0.275 e. The Morgan fingerprint density at radius 1 is 1.25 bits per heavy atom. The first kappa shape index (κ1) is 15.3. The molecule has 0 fully saturated rings. The highest BCUT2D eigenvalue weighted by molar-refractivity contribution is 9.11. The topological polar surface area (TPSA) is 55.2 Å². The molecule has 104 valence electrons. The van der Waals surface area contributed by atoms with E-state index >= 15 is 0 Å². The molecule has 0 saturated carbocycles. The van der Waals surface area contributed by atoms with Gasteiger partial charge in [-0.05, 0) is 40.2 Å². The third-order valence-corrected chi connectivity index (χ3v) is 4.56. The van der Waals surface area contributed by atoms with Crippen molar-refractivity contribution >= 4 is 54.8 Å². The zero-order valence-corrected chi connectivity index (χ0v) is 14.0. The predicted molar refractivity (Wildman–Crippen MR) is 87.3 cm³/mol. The molecule has 0 bridgehead atoms. The molecule has 4 nitrogen and oxygen atoms in total. The average molecular weight is 420 g/mol. The van der Waals surface area contributed by atoms with E-state index in [1.54, 1.807) is 18.2 Å². The van der Waals surface area contributed by atoms with Crippen LogP contribution in [0.3, 0.4) is 0 Å². The SMILES string of the molecule is O=[N+]([O-])c1cc(Br)ccc1CNc1cccc(Cl)c1Br. The number of hydrogen-bond acceptors (Lipinski definition) is 3. The van der Waals surface area contributed by atoms with Gasteiger partial charge in [0, 0.05) is 22.6 Å². The van der Waals surface area contributed by atoms with Crippen LogP contribution >= 0.6 is 43.5 Å². The second-order valence-corrected chi connectivity index (χ2v) is 6.10. The number of anilines is 1. The molecule has 0 aliphatic rings. The van der Waals surface area contributed by atoms with E-state index in [1.165, 1.54) is 6.07 Å². The first-order valence-electron chi connectivity index (χ1n) is 5.59. The summed E-state index contributed by atoms with van der Waals surface area (Å²) in [6.07, 6.45) is 0. The first-order chi connectivity index (χ1) is 9.49. The van der Waals surface area contributed by atoms with E-state index < -0.39 is 4.92 Å². The summed E-state index contributed by atoms with van der Waals surface area (Å²) in [6.45, 7) is 0.336. The molecule has 0 unspecified atom stereocenters. The van der Waals surface area contributed by atoms with Crippen LogP contribution in [0.25, 0.3) is 0 Å². The minimum Gasteiger partial charge on any atom is -0.380 e. The molecule has 0 aromatic heterocycles. The zero-order valence-electron chi connectivity index (χ0n) is 10.1. The minimum absolute atomic E-state index is 0.0741. The van der Waals surface area contributed by atoms with Crippen molar-refractivity contribution in [3.05, 3.63) is 66.0 Å². The largest absolute Gasteiger partial charge is 0.380 e. The molecule has 20 heavy (non-hydrogen) atoms. The number of nitro benzene ring substituents is 1. The van der Waals surface area contributed by atoms with Gasteiger partial charge in [-0.15, -0.1) is 0 Å². The highest BCUT2D eigenvalue weighted by Crippen LogP contribution is 2.31. The van der Waals surface area contributed by atoms with Crippen LogP contribution in [0.15, 0.2) is 45.3 Å². The number of benzene rings is 2. The normalized spacial score (nSPS) is 10.3. The van der Waals surface area contributed by atoms with Crippen molar-refractivity contribution < 1.29 is 4.92 Å². The van der Waals surface area contributed by atoms with Crippen molar-refractivity contribution in [3.63, 3.8) is 0 Å². The molecule has 1 N–H and O–H groups in total. The molecule has 0 aliphatic heterocycles. The molecule has 0 saturated heterocycles. The van der Waals surface area contributed by atoms with E-state index in [0.29, 0.717) is 21.6 Å². The second kappa shape index (κ2) is 6.56. The number of halogens is 3. The van der Waals surface area contributed by atoms with Gasteiger partial charge in [0.05, 0.1) is 20.1 Å². The fourth-order valence-electron chi connectivity index (χ4n) is 1.69. The maximum atomic E-state index is 11.0. The van der Waals surface area contributed by atoms with Gasteiger partial charge in [0.25, 0.3) is 5.69 Å². The molecule has 2 rings (SSSR count). The lowest BCUT2D eigenvalue weighted by atomic mass is 10.2. The van der Waals surface area contributed by atoms with Crippen molar-refractivity contribution in [2.45, 2.75) is 6.54 Å². The van der Waals surface area contributed by atoms with Gasteiger partial charge in [-0.3, -0.25) is 10.1 Å². The Labute approximate surface area is 137 Å². The molecule has 0 amide bonds. The van der Waals surface area contributed by atoms with Crippen LogP contribution in [0, 0.1) is 10.1 Å². The Morgan fingerprint density at radius 2 is 2.00 bits per heavy atom. The number of rotatable bonds is 4. The fraction of sp³-hybridized carbons (Fsp3) is 0.0769. The molecular formula is C13H9Br2ClN2O2. The summed E-state index contributed by atoms with van der Waals surface area (Å²) in [4.78, 5) is 10.6. The predicted octanol–water partition coefficient (Wildman–Crippen LogP) is 5.39. The lowest BCUT2D eigenvalue weighted by Gasteiger charge is -2.10. The third kappa shape index (κ3) is 3.50. The van der Waals surface area contributed by atoms with Crippen LogP contribution in [0.2, 0.25) is 5.02 Å². The Bertz CT molecular complexity index is 665. The Kier molecular flexibility index (Phi) is 5.01. The first-order valence-corrected chi connectivity index (χ1v) is 7.56. The molecule has 0 aliphatic carbocycles. The quantitative estimate of drug-likeness (QED) is 0.533. The second-order valence-electron chi connectivity index (χ2n) is 3.99.